The largest absolute Gasteiger partial charge is 0.484 e. The van der Waals surface area contributed by atoms with Crippen LogP contribution in [0.5, 0.6) is 5.75 Å². The van der Waals surface area contributed by atoms with Gasteiger partial charge in [0.25, 0.3) is 0 Å². The summed E-state index contributed by atoms with van der Waals surface area (Å²) in [6.07, 6.45) is 4.02. The van der Waals surface area contributed by atoms with Crippen LogP contribution in [-0.4, -0.2) is 40.4 Å². The van der Waals surface area contributed by atoms with E-state index in [9.17, 15) is 9.18 Å². The Morgan fingerprint density at radius 1 is 1.30 bits per heavy atom. The number of anilines is 1. The van der Waals surface area contributed by atoms with Gasteiger partial charge in [-0.05, 0) is 26.8 Å². The Morgan fingerprint density at radius 3 is 2.67 bits per heavy atom. The lowest BCUT2D eigenvalue weighted by Crippen LogP contribution is -2.54. The zero-order valence-corrected chi connectivity index (χ0v) is 18.1. The minimum absolute atomic E-state index is 0.374. The van der Waals surface area contributed by atoms with Crippen molar-refractivity contribution in [3.8, 4) is 5.75 Å². The predicted molar refractivity (Wildman–Crippen MR) is 113 cm³/mol. The van der Waals surface area contributed by atoms with Crippen LogP contribution in [0.3, 0.4) is 0 Å². The van der Waals surface area contributed by atoms with E-state index >= 15 is 0 Å². The molecule has 7 nitrogen and oxygen atoms in total. The van der Waals surface area contributed by atoms with Crippen molar-refractivity contribution < 1.29 is 18.7 Å². The number of aromatic nitrogens is 2. The molecule has 1 spiro atoms. The number of benzene rings is 1. The molecule has 1 N–H and O–H groups in total. The van der Waals surface area contributed by atoms with E-state index in [0.29, 0.717) is 36.7 Å². The van der Waals surface area contributed by atoms with Crippen LogP contribution in [0.15, 0.2) is 35.6 Å². The van der Waals surface area contributed by atoms with Crippen molar-refractivity contribution in [2.45, 2.75) is 55.9 Å². The molecule has 1 aromatic heterocycles. The molecule has 4 rings (SSSR count). The fourth-order valence-corrected chi connectivity index (χ4v) is 4.13. The zero-order chi connectivity index (χ0) is 21.5. The van der Waals surface area contributed by atoms with Crippen LogP contribution in [0, 0.1) is 5.82 Å². The summed E-state index contributed by atoms with van der Waals surface area (Å²) in [5.41, 5.74) is -0.542. The highest BCUT2D eigenvalue weighted by Gasteiger charge is 2.51. The Balaban J connectivity index is 1.56. The molecular formula is C21H25FN4O3S. The van der Waals surface area contributed by atoms with Gasteiger partial charge in [0.1, 0.15) is 39.7 Å². The minimum Gasteiger partial charge on any atom is -0.484 e. The van der Waals surface area contributed by atoms with Gasteiger partial charge in [0.2, 0.25) is 0 Å². The number of nitrogens with one attached hydrogen (secondary N) is 1. The Bertz CT molecular complexity index is 940. The number of piperidine rings is 1. The van der Waals surface area contributed by atoms with E-state index in [-0.39, 0.29) is 5.82 Å². The second-order valence-electron chi connectivity index (χ2n) is 8.65. The lowest BCUT2D eigenvalue weighted by atomic mass is 9.82. The molecule has 1 atom stereocenters. The zero-order valence-electron chi connectivity index (χ0n) is 17.2. The summed E-state index contributed by atoms with van der Waals surface area (Å²) in [5.74, 6) is 0.853. The molecule has 2 aliphatic heterocycles. The molecule has 9 heteroatoms. The van der Waals surface area contributed by atoms with Gasteiger partial charge in [-0.1, -0.05) is 6.07 Å². The number of ether oxygens (including phenoxy) is 2. The SMILES string of the molecule is CC(C)(C)OC(=O)N[C@@H]1c2ccc(F)cc2OC12CCN(c1cnc(S)cn1)CC2. The first kappa shape index (κ1) is 20.7. The summed E-state index contributed by atoms with van der Waals surface area (Å²) < 4.78 is 25.6. The maximum absolute atomic E-state index is 13.8. The lowest BCUT2D eigenvalue weighted by molar-refractivity contribution is 0.0148. The van der Waals surface area contributed by atoms with Gasteiger partial charge in [0.05, 0.1) is 12.4 Å². The van der Waals surface area contributed by atoms with E-state index in [1.54, 1.807) is 18.5 Å². The number of hydrogen-bond acceptors (Lipinski definition) is 7. The molecule has 2 aliphatic rings. The molecule has 0 saturated carbocycles. The molecule has 1 aromatic carbocycles. The summed E-state index contributed by atoms with van der Waals surface area (Å²) in [4.78, 5) is 23.2. The summed E-state index contributed by atoms with van der Waals surface area (Å²) in [6.45, 7) is 6.75. The van der Waals surface area contributed by atoms with Gasteiger partial charge >= 0.3 is 6.09 Å². The summed E-state index contributed by atoms with van der Waals surface area (Å²) in [5, 5.41) is 3.53. The molecule has 0 bridgehead atoms. The van der Waals surface area contributed by atoms with Gasteiger partial charge in [-0.3, -0.25) is 0 Å². The van der Waals surface area contributed by atoms with Crippen LogP contribution in [0.2, 0.25) is 0 Å². The van der Waals surface area contributed by atoms with Gasteiger partial charge in [-0.25, -0.2) is 19.2 Å². The first-order chi connectivity index (χ1) is 14.2. The monoisotopic (exact) mass is 432 g/mol. The number of amides is 1. The quantitative estimate of drug-likeness (QED) is 0.701. The molecule has 30 heavy (non-hydrogen) atoms. The third-order valence-electron chi connectivity index (χ3n) is 5.35. The normalized spacial score (nSPS) is 19.9. The Labute approximate surface area is 180 Å². The van der Waals surface area contributed by atoms with Crippen LogP contribution in [0.4, 0.5) is 15.0 Å². The maximum Gasteiger partial charge on any atom is 0.408 e. The van der Waals surface area contributed by atoms with E-state index in [2.05, 4.69) is 32.8 Å². The highest BCUT2D eigenvalue weighted by atomic mass is 32.1. The highest BCUT2D eigenvalue weighted by Crippen LogP contribution is 2.49. The third-order valence-corrected chi connectivity index (χ3v) is 5.58. The van der Waals surface area contributed by atoms with E-state index in [1.807, 2.05) is 20.8 Å². The number of carbonyl (C=O) groups excluding carboxylic acids is 1. The smallest absolute Gasteiger partial charge is 0.408 e. The topological polar surface area (TPSA) is 76.6 Å². The summed E-state index contributed by atoms with van der Waals surface area (Å²) in [7, 11) is 0. The molecule has 3 heterocycles. The Morgan fingerprint density at radius 2 is 2.03 bits per heavy atom. The molecule has 160 valence electrons. The standard InChI is InChI=1S/C21H25FN4O3S/c1-20(2,3)29-19(27)25-18-14-5-4-13(22)10-15(14)28-21(18)6-8-26(9-7-21)16-11-24-17(30)12-23-16/h4-5,10-12,18H,6-9H2,1-3H3,(H,24,30)(H,25,27)/t18-/m1/s1. The van der Waals surface area contributed by atoms with Crippen molar-refractivity contribution in [3.05, 3.63) is 42.0 Å². The van der Waals surface area contributed by atoms with Crippen LogP contribution in [-0.2, 0) is 4.74 Å². The van der Waals surface area contributed by atoms with E-state index in [0.717, 1.165) is 11.4 Å². The molecule has 0 aliphatic carbocycles. The van der Waals surface area contributed by atoms with Gasteiger partial charge in [0.15, 0.2) is 0 Å². The maximum atomic E-state index is 13.8. The Kier molecular flexibility index (Phi) is 5.25. The third kappa shape index (κ3) is 4.16. The Hall–Kier alpha value is -2.55. The average Bonchev–Trinajstić information content (AvgIpc) is 2.94. The van der Waals surface area contributed by atoms with Crippen molar-refractivity contribution in [3.63, 3.8) is 0 Å². The number of hydrogen-bond donors (Lipinski definition) is 2. The van der Waals surface area contributed by atoms with Crippen molar-refractivity contribution in [1.29, 1.82) is 0 Å². The number of fused-ring (bicyclic) bond motifs is 1. The average molecular weight is 433 g/mol. The van der Waals surface area contributed by atoms with Crippen LogP contribution in [0.25, 0.3) is 0 Å². The highest BCUT2D eigenvalue weighted by molar-refractivity contribution is 7.80. The molecule has 1 fully saturated rings. The molecule has 1 saturated heterocycles. The number of halogens is 1. The van der Waals surface area contributed by atoms with Crippen molar-refractivity contribution in [2.75, 3.05) is 18.0 Å². The second-order valence-corrected chi connectivity index (χ2v) is 9.11. The van der Waals surface area contributed by atoms with Crippen LogP contribution < -0.4 is 15.0 Å². The van der Waals surface area contributed by atoms with Crippen LogP contribution in [0.1, 0.15) is 45.2 Å². The summed E-state index contributed by atoms with van der Waals surface area (Å²) >= 11 is 4.18. The minimum atomic E-state index is -0.680. The van der Waals surface area contributed by atoms with Gasteiger partial charge < -0.3 is 19.7 Å². The first-order valence-corrected chi connectivity index (χ1v) is 10.3. The predicted octanol–water partition coefficient (Wildman–Crippen LogP) is 3.90. The number of alkyl carbamates (subject to hydrolysis) is 1. The lowest BCUT2D eigenvalue weighted by Gasteiger charge is -2.42. The molecular weight excluding hydrogens is 407 g/mol. The fraction of sp³-hybridized carbons (Fsp3) is 0.476. The molecule has 2 aromatic rings. The molecule has 0 radical (unpaired) electrons. The summed E-state index contributed by atoms with van der Waals surface area (Å²) in [6, 6.07) is 3.99. The first-order valence-electron chi connectivity index (χ1n) is 9.89. The number of rotatable bonds is 2. The number of carbonyl (C=O) groups is 1. The van der Waals surface area contributed by atoms with Gasteiger partial charge in [-0.2, -0.15) is 0 Å². The molecule has 0 unspecified atom stereocenters. The van der Waals surface area contributed by atoms with Crippen molar-refractivity contribution in [1.82, 2.24) is 15.3 Å². The van der Waals surface area contributed by atoms with Gasteiger partial charge in [-0.15, -0.1) is 12.6 Å². The van der Waals surface area contributed by atoms with E-state index in [1.165, 1.54) is 12.1 Å². The number of thiol groups is 1. The fourth-order valence-electron chi connectivity index (χ4n) is 4.01. The number of nitrogens with zero attached hydrogens (tertiary/aromatic N) is 3. The van der Waals surface area contributed by atoms with Crippen molar-refractivity contribution in [2.24, 2.45) is 0 Å². The van der Waals surface area contributed by atoms with E-state index < -0.39 is 23.3 Å². The van der Waals surface area contributed by atoms with Crippen molar-refractivity contribution >= 4 is 24.5 Å². The van der Waals surface area contributed by atoms with E-state index in [4.69, 9.17) is 9.47 Å². The second kappa shape index (κ2) is 7.61. The molecule has 1 amide bonds. The van der Waals surface area contributed by atoms with Gasteiger partial charge in [0, 0.05) is 37.6 Å². The van der Waals surface area contributed by atoms with Crippen LogP contribution >= 0.6 is 12.6 Å².